The number of ketones is 1. The molecule has 2 saturated carbocycles. The molecule has 2 amide bonds. The molecular formula is C42H52F3N3O9S. The van der Waals surface area contributed by atoms with Gasteiger partial charge in [-0.3, -0.25) is 23.9 Å². The van der Waals surface area contributed by atoms with Crippen molar-refractivity contribution in [2.45, 2.75) is 139 Å². The molecule has 5 aliphatic rings. The van der Waals surface area contributed by atoms with Gasteiger partial charge in [0.25, 0.3) is 0 Å². The number of nitrogens with one attached hydrogen (secondary N) is 1. The number of amides is 2. The van der Waals surface area contributed by atoms with Crippen molar-refractivity contribution in [3.05, 3.63) is 41.6 Å². The number of alkyl halides is 3. The highest BCUT2D eigenvalue weighted by Gasteiger charge is 2.63. The van der Waals surface area contributed by atoms with E-state index in [0.717, 1.165) is 12.8 Å². The maximum atomic E-state index is 14.8. The number of sulfonamides is 1. The Labute approximate surface area is 336 Å². The van der Waals surface area contributed by atoms with Gasteiger partial charge in [-0.1, -0.05) is 31.9 Å². The molecule has 12 nitrogen and oxygen atoms in total. The number of hydrogen-bond donors (Lipinski definition) is 1. The molecule has 16 heteroatoms. The lowest BCUT2D eigenvalue weighted by molar-refractivity contribution is -0.153. The zero-order valence-electron chi connectivity index (χ0n) is 33.4. The number of allylic oxidation sites excluding steroid dienone is 2. The third-order valence-electron chi connectivity index (χ3n) is 13.1. The van der Waals surface area contributed by atoms with Crippen molar-refractivity contribution in [3.63, 3.8) is 0 Å². The van der Waals surface area contributed by atoms with Crippen molar-refractivity contribution in [2.75, 3.05) is 13.7 Å². The average Bonchev–Trinajstić information content (AvgIpc) is 4.06. The van der Waals surface area contributed by atoms with Crippen LogP contribution in [0.1, 0.15) is 115 Å². The highest BCUT2D eigenvalue weighted by Crippen LogP contribution is 2.58. The van der Waals surface area contributed by atoms with E-state index in [1.165, 1.54) is 24.1 Å². The molecule has 1 aromatic carbocycles. The zero-order valence-corrected chi connectivity index (χ0v) is 34.2. The van der Waals surface area contributed by atoms with Gasteiger partial charge < -0.3 is 19.1 Å². The summed E-state index contributed by atoms with van der Waals surface area (Å²) in [4.78, 5) is 62.0. The number of pyridine rings is 1. The zero-order chi connectivity index (χ0) is 41.8. The second kappa shape index (κ2) is 15.4. The molecule has 316 valence electrons. The van der Waals surface area contributed by atoms with Crippen LogP contribution in [0.3, 0.4) is 0 Å². The van der Waals surface area contributed by atoms with Crippen LogP contribution in [0, 0.1) is 17.3 Å². The summed E-state index contributed by atoms with van der Waals surface area (Å²) in [6.07, 6.45) is 2.55. The monoisotopic (exact) mass is 831 g/mol. The van der Waals surface area contributed by atoms with Crippen LogP contribution in [0.2, 0.25) is 0 Å². The number of esters is 1. The normalized spacial score (nSPS) is 29.5. The van der Waals surface area contributed by atoms with Crippen LogP contribution in [-0.4, -0.2) is 78.0 Å². The summed E-state index contributed by atoms with van der Waals surface area (Å²) in [6.45, 7) is 4.92. The second-order valence-corrected chi connectivity index (χ2v) is 19.5. The fraction of sp³-hybridized carbons (Fsp3) is 0.643. The topological polar surface area (TPSA) is 158 Å². The van der Waals surface area contributed by atoms with Gasteiger partial charge in [-0.15, -0.1) is 0 Å². The highest BCUT2D eigenvalue weighted by atomic mass is 32.2. The van der Waals surface area contributed by atoms with E-state index in [-0.39, 0.29) is 55.8 Å². The first-order valence-corrected chi connectivity index (χ1v) is 21.9. The number of aromatic nitrogens is 1. The largest absolute Gasteiger partial charge is 0.497 e. The summed E-state index contributed by atoms with van der Waals surface area (Å²) >= 11 is 0. The first kappa shape index (κ1) is 41.9. The van der Waals surface area contributed by atoms with Gasteiger partial charge in [0, 0.05) is 29.7 Å². The van der Waals surface area contributed by atoms with E-state index in [0.29, 0.717) is 49.7 Å². The number of carbonyl (C=O) groups excluding carboxylic acids is 4. The van der Waals surface area contributed by atoms with Crippen molar-refractivity contribution in [2.24, 2.45) is 17.3 Å². The number of fused-ring (bicyclic) bond motifs is 5. The van der Waals surface area contributed by atoms with Crippen LogP contribution in [-0.2, 0) is 46.5 Å². The lowest BCUT2D eigenvalue weighted by atomic mass is 9.85. The van der Waals surface area contributed by atoms with Crippen LogP contribution in [0.5, 0.6) is 11.5 Å². The molecule has 3 fully saturated rings. The number of ether oxygens (including phenoxy) is 3. The van der Waals surface area contributed by atoms with Crippen LogP contribution in [0.15, 0.2) is 30.4 Å². The molecule has 1 aromatic heterocycles. The second-order valence-electron chi connectivity index (χ2n) is 17.3. The van der Waals surface area contributed by atoms with E-state index in [1.54, 1.807) is 19.9 Å². The molecule has 3 aliphatic heterocycles. The molecule has 2 aliphatic carbocycles. The van der Waals surface area contributed by atoms with Gasteiger partial charge >= 0.3 is 12.1 Å². The first-order valence-electron chi connectivity index (χ1n) is 20.4. The lowest BCUT2D eigenvalue weighted by Gasteiger charge is -2.37. The third kappa shape index (κ3) is 8.05. The van der Waals surface area contributed by atoms with E-state index in [9.17, 15) is 40.8 Å². The Kier molecular flexibility index (Phi) is 11.2. The van der Waals surface area contributed by atoms with E-state index >= 15 is 0 Å². The van der Waals surface area contributed by atoms with Gasteiger partial charge in [0.15, 0.2) is 17.2 Å². The van der Waals surface area contributed by atoms with E-state index < -0.39 is 91.3 Å². The summed E-state index contributed by atoms with van der Waals surface area (Å²) in [7, 11) is -2.60. The number of benzene rings is 1. The van der Waals surface area contributed by atoms with Gasteiger partial charge in [0.05, 0.1) is 47.9 Å². The Bertz CT molecular complexity index is 2140. The Morgan fingerprint density at radius 3 is 2.57 bits per heavy atom. The number of aryl methyl sites for hydroxylation is 1. The van der Waals surface area contributed by atoms with Crippen LogP contribution in [0.4, 0.5) is 13.2 Å². The van der Waals surface area contributed by atoms with E-state index in [1.807, 2.05) is 19.1 Å². The van der Waals surface area contributed by atoms with Gasteiger partial charge in [0.2, 0.25) is 21.8 Å². The fourth-order valence-corrected chi connectivity index (χ4v) is 10.2. The first-order chi connectivity index (χ1) is 27.3. The third-order valence-corrected chi connectivity index (χ3v) is 15.2. The van der Waals surface area contributed by atoms with Crippen molar-refractivity contribution in [1.82, 2.24) is 14.6 Å². The summed E-state index contributed by atoms with van der Waals surface area (Å²) in [5.41, 5.74) is -3.69. The Balaban J connectivity index is 1.27. The highest BCUT2D eigenvalue weighted by molar-refractivity contribution is 7.91. The molecule has 6 atom stereocenters. The number of methoxy groups -OCH3 is 1. The summed E-state index contributed by atoms with van der Waals surface area (Å²) in [5, 5.41) is 0.424. The summed E-state index contributed by atoms with van der Waals surface area (Å²) in [6, 6.07) is 3.35. The van der Waals surface area contributed by atoms with Crippen molar-refractivity contribution in [3.8, 4) is 11.5 Å². The number of halogens is 3. The average molecular weight is 832 g/mol. The Morgan fingerprint density at radius 2 is 1.88 bits per heavy atom. The quantitative estimate of drug-likeness (QED) is 0.223. The lowest BCUT2D eigenvalue weighted by Crippen LogP contribution is -2.48. The van der Waals surface area contributed by atoms with E-state index in [4.69, 9.17) is 14.2 Å². The van der Waals surface area contributed by atoms with Crippen molar-refractivity contribution >= 4 is 44.5 Å². The molecule has 2 aromatic rings. The minimum atomic E-state index is -4.90. The van der Waals surface area contributed by atoms with E-state index in [2.05, 4.69) is 9.71 Å². The Hall–Kier alpha value is -4.21. The molecule has 1 saturated heterocycles. The molecule has 4 heterocycles. The predicted octanol–water partition coefficient (Wildman–Crippen LogP) is 6.76. The van der Waals surface area contributed by atoms with Gasteiger partial charge in [-0.2, -0.15) is 13.2 Å². The number of nitrogens with zero attached hydrogens (tertiary/aromatic N) is 2. The van der Waals surface area contributed by atoms with Crippen molar-refractivity contribution < 1.29 is 55.0 Å². The SMILES string of the molecule is CC[C@H](C)OC(=O)C[C@H]1CCCCC/C=C\[C@@H]2C[C@@]2(C(=O)NS(=O)(=O)C2(C)CC2)CC(=O)[C@@H]2C[C@]3(CCc4c(c(C(F)(F)F)nc5ccc(OC)cc45)O3)CN2C1=O. The number of rotatable bonds is 8. The molecule has 1 spiro atoms. The number of hydrogen-bond acceptors (Lipinski definition) is 10. The van der Waals surface area contributed by atoms with Crippen molar-refractivity contribution in [1.29, 1.82) is 0 Å². The smallest absolute Gasteiger partial charge is 0.437 e. The standard InChI is InChI=1S/C42H52F3N3O9S/c1-5-25(2)56-34(50)19-26-11-9-7-6-8-10-12-27-21-41(27,38(52)47-58(53,54)39(3)17-18-39)23-33(49)32-22-40(24-48(32)37(26)51)16-15-29-30-20-28(55-4)13-14-31(30)46-36(35(29)57-40)42(43,44)45/h10,12-14,20,25-27,32H,5-9,11,15-19,21-24H2,1-4H3,(H,47,52)/b12-10-/t25-,26+,27+,32-,40+,41+/m0/s1. The molecule has 0 radical (unpaired) electrons. The van der Waals surface area contributed by atoms with Gasteiger partial charge in [-0.25, -0.2) is 13.4 Å². The molecule has 58 heavy (non-hydrogen) atoms. The molecular weight excluding hydrogens is 780 g/mol. The van der Waals surface area contributed by atoms with Gasteiger partial charge in [0.1, 0.15) is 11.4 Å². The summed E-state index contributed by atoms with van der Waals surface area (Å²) in [5.74, 6) is -3.79. The Morgan fingerprint density at radius 1 is 1.12 bits per heavy atom. The number of carbonyl (C=O) groups is 4. The maximum absolute atomic E-state index is 14.8. The molecule has 1 N–H and O–H groups in total. The van der Waals surface area contributed by atoms with Crippen LogP contribution in [0.25, 0.3) is 10.9 Å². The predicted molar refractivity (Wildman–Crippen MR) is 206 cm³/mol. The molecule has 7 rings (SSSR count). The maximum Gasteiger partial charge on any atom is 0.437 e. The molecule has 0 bridgehead atoms. The minimum Gasteiger partial charge on any atom is -0.497 e. The minimum absolute atomic E-state index is 0.105. The summed E-state index contributed by atoms with van der Waals surface area (Å²) < 4.78 is 89.2. The fourth-order valence-electron chi connectivity index (χ4n) is 8.86. The molecule has 0 unspecified atom stereocenters. The van der Waals surface area contributed by atoms with Crippen LogP contribution >= 0.6 is 0 Å². The number of Topliss-reactive ketones (excluding diaryl/α,β-unsaturated/α-hetero) is 1. The van der Waals surface area contributed by atoms with Gasteiger partial charge in [-0.05, 0) is 95.8 Å². The van der Waals surface area contributed by atoms with Crippen LogP contribution < -0.4 is 14.2 Å².